The molecule has 0 fully saturated rings. The molecule has 0 radical (unpaired) electrons. The Morgan fingerprint density at radius 3 is 1.81 bits per heavy atom. The van der Waals surface area contributed by atoms with Crippen LogP contribution in [0.5, 0.6) is 0 Å². The molecule has 0 bridgehead atoms. The van der Waals surface area contributed by atoms with Crippen LogP contribution in [-0.4, -0.2) is 18.5 Å². The Balaban J connectivity index is 0. The minimum atomic E-state index is 0.797. The zero-order valence-electron chi connectivity index (χ0n) is 19.1. The SMILES string of the molecule is C=C(C)CCCCCCCCCC/C(N)=C/N(C)CCCC(C)C.CC. The topological polar surface area (TPSA) is 29.3 Å². The highest BCUT2D eigenvalue weighted by Gasteiger charge is 1.99. The predicted molar refractivity (Wildman–Crippen MR) is 121 cm³/mol. The summed E-state index contributed by atoms with van der Waals surface area (Å²) in [7, 11) is 2.14. The third kappa shape index (κ3) is 23.1. The highest BCUT2D eigenvalue weighted by atomic mass is 15.1. The lowest BCUT2D eigenvalue weighted by atomic mass is 10.0. The van der Waals surface area contributed by atoms with E-state index in [-0.39, 0.29) is 0 Å². The van der Waals surface area contributed by atoms with Gasteiger partial charge in [0.2, 0.25) is 0 Å². The zero-order chi connectivity index (χ0) is 20.2. The molecular weight excluding hydrogens is 316 g/mol. The number of hydrogen-bond donors (Lipinski definition) is 1. The molecule has 0 saturated carbocycles. The van der Waals surface area contributed by atoms with Gasteiger partial charge >= 0.3 is 0 Å². The van der Waals surface area contributed by atoms with Gasteiger partial charge in [0, 0.05) is 25.5 Å². The molecule has 0 unspecified atom stereocenters. The highest BCUT2D eigenvalue weighted by molar-refractivity contribution is 4.95. The van der Waals surface area contributed by atoms with E-state index in [0.29, 0.717) is 0 Å². The van der Waals surface area contributed by atoms with Crippen LogP contribution in [0, 0.1) is 5.92 Å². The minimum Gasteiger partial charge on any atom is -0.401 e. The molecule has 2 nitrogen and oxygen atoms in total. The first kappa shape index (κ1) is 27.3. The second-order valence-electron chi connectivity index (χ2n) is 8.01. The molecule has 0 aromatic rings. The maximum atomic E-state index is 6.14. The van der Waals surface area contributed by atoms with E-state index in [1.54, 1.807) is 0 Å². The molecule has 0 aliphatic rings. The average molecular weight is 367 g/mol. The standard InChI is InChI=1S/C22H44N2.C2H6/c1-20(2)15-12-10-8-6-7-9-11-13-17-22(23)19-24(5)18-14-16-21(3)4;1-2/h19,21H,1,6-18,23H2,2-5H3;1-2H3/b22-19-;. The third-order valence-electron chi connectivity index (χ3n) is 4.50. The van der Waals surface area contributed by atoms with Gasteiger partial charge in [-0.2, -0.15) is 0 Å². The molecule has 26 heavy (non-hydrogen) atoms. The summed E-state index contributed by atoms with van der Waals surface area (Å²) < 4.78 is 0. The van der Waals surface area contributed by atoms with Crippen LogP contribution in [0.2, 0.25) is 0 Å². The lowest BCUT2D eigenvalue weighted by Crippen LogP contribution is -2.15. The molecule has 0 aromatic carbocycles. The molecule has 0 aromatic heterocycles. The van der Waals surface area contributed by atoms with Crippen molar-refractivity contribution in [3.8, 4) is 0 Å². The summed E-state index contributed by atoms with van der Waals surface area (Å²) in [5.74, 6) is 0.797. The van der Waals surface area contributed by atoms with Crippen molar-refractivity contribution in [2.24, 2.45) is 11.7 Å². The van der Waals surface area contributed by atoms with Crippen LogP contribution in [0.25, 0.3) is 0 Å². The molecule has 0 rings (SSSR count). The minimum absolute atomic E-state index is 0.797. The van der Waals surface area contributed by atoms with Crippen molar-refractivity contribution in [2.45, 2.75) is 112 Å². The van der Waals surface area contributed by atoms with Crippen molar-refractivity contribution in [3.05, 3.63) is 24.0 Å². The van der Waals surface area contributed by atoms with Gasteiger partial charge in [0.1, 0.15) is 0 Å². The van der Waals surface area contributed by atoms with Gasteiger partial charge < -0.3 is 10.6 Å². The Labute approximate surface area is 166 Å². The van der Waals surface area contributed by atoms with Crippen LogP contribution < -0.4 is 5.73 Å². The molecule has 0 spiro atoms. The van der Waals surface area contributed by atoms with E-state index in [1.807, 2.05) is 13.8 Å². The van der Waals surface area contributed by atoms with Gasteiger partial charge in [0.05, 0.1) is 0 Å². The van der Waals surface area contributed by atoms with Crippen molar-refractivity contribution >= 4 is 0 Å². The second kappa shape index (κ2) is 20.4. The first-order chi connectivity index (χ1) is 12.4. The van der Waals surface area contributed by atoms with E-state index < -0.39 is 0 Å². The van der Waals surface area contributed by atoms with Gasteiger partial charge in [-0.1, -0.05) is 71.8 Å². The van der Waals surface area contributed by atoms with Crippen molar-refractivity contribution in [2.75, 3.05) is 13.6 Å². The van der Waals surface area contributed by atoms with Gasteiger partial charge in [-0.25, -0.2) is 0 Å². The van der Waals surface area contributed by atoms with E-state index in [2.05, 4.69) is 45.5 Å². The van der Waals surface area contributed by atoms with E-state index in [9.17, 15) is 0 Å². The van der Waals surface area contributed by atoms with Gasteiger partial charge in [0.15, 0.2) is 0 Å². The summed E-state index contributed by atoms with van der Waals surface area (Å²) >= 11 is 0. The van der Waals surface area contributed by atoms with Crippen molar-refractivity contribution in [1.29, 1.82) is 0 Å². The summed E-state index contributed by atoms with van der Waals surface area (Å²) in [4.78, 5) is 2.25. The fraction of sp³-hybridized carbons (Fsp3) is 0.833. The molecule has 0 aliphatic carbocycles. The Morgan fingerprint density at radius 1 is 0.885 bits per heavy atom. The quantitative estimate of drug-likeness (QED) is 0.224. The van der Waals surface area contributed by atoms with E-state index in [4.69, 9.17) is 5.73 Å². The number of hydrogen-bond acceptors (Lipinski definition) is 2. The number of nitrogens with zero attached hydrogens (tertiary/aromatic N) is 1. The number of allylic oxidation sites excluding steroid dienone is 2. The fourth-order valence-electron chi connectivity index (χ4n) is 2.98. The van der Waals surface area contributed by atoms with Crippen LogP contribution in [0.3, 0.4) is 0 Å². The summed E-state index contributed by atoms with van der Waals surface area (Å²) in [5.41, 5.74) is 8.51. The van der Waals surface area contributed by atoms with Crippen molar-refractivity contribution < 1.29 is 0 Å². The summed E-state index contributed by atoms with van der Waals surface area (Å²) in [6.45, 7) is 15.8. The molecule has 2 N–H and O–H groups in total. The summed E-state index contributed by atoms with van der Waals surface area (Å²) in [6, 6.07) is 0. The van der Waals surface area contributed by atoms with Gasteiger partial charge in [-0.3, -0.25) is 0 Å². The highest BCUT2D eigenvalue weighted by Crippen LogP contribution is 2.13. The molecule has 156 valence electrons. The molecule has 0 aliphatic heterocycles. The van der Waals surface area contributed by atoms with Crippen LogP contribution in [0.15, 0.2) is 24.0 Å². The van der Waals surface area contributed by atoms with Gasteiger partial charge in [-0.05, 0) is 51.4 Å². The second-order valence-corrected chi connectivity index (χ2v) is 8.01. The van der Waals surface area contributed by atoms with Crippen molar-refractivity contribution in [3.63, 3.8) is 0 Å². The van der Waals surface area contributed by atoms with Gasteiger partial charge in [0.25, 0.3) is 0 Å². The molecule has 0 atom stereocenters. The molecule has 2 heteroatoms. The van der Waals surface area contributed by atoms with Crippen LogP contribution in [-0.2, 0) is 0 Å². The maximum absolute atomic E-state index is 6.14. The van der Waals surface area contributed by atoms with E-state index in [0.717, 1.165) is 24.6 Å². The molecule has 0 saturated heterocycles. The normalized spacial score (nSPS) is 11.3. The van der Waals surface area contributed by atoms with Crippen LogP contribution in [0.1, 0.15) is 112 Å². The largest absolute Gasteiger partial charge is 0.401 e. The fourth-order valence-corrected chi connectivity index (χ4v) is 2.98. The Hall–Kier alpha value is -0.920. The Kier molecular flexibility index (Phi) is 21.4. The average Bonchev–Trinajstić information content (AvgIpc) is 2.57. The van der Waals surface area contributed by atoms with Crippen LogP contribution in [0.4, 0.5) is 0 Å². The molecule has 0 heterocycles. The first-order valence-corrected chi connectivity index (χ1v) is 11.2. The monoisotopic (exact) mass is 366 g/mol. The predicted octanol–water partition coefficient (Wildman–Crippen LogP) is 7.66. The summed E-state index contributed by atoms with van der Waals surface area (Å²) in [6.07, 6.45) is 17.7. The molecular formula is C24H50N2. The number of unbranched alkanes of at least 4 members (excludes halogenated alkanes) is 7. The lowest BCUT2D eigenvalue weighted by Gasteiger charge is -2.16. The van der Waals surface area contributed by atoms with Crippen LogP contribution >= 0.6 is 0 Å². The first-order valence-electron chi connectivity index (χ1n) is 11.2. The van der Waals surface area contributed by atoms with Gasteiger partial charge in [-0.15, -0.1) is 6.58 Å². The Bertz CT molecular complexity index is 331. The van der Waals surface area contributed by atoms with E-state index in [1.165, 1.54) is 76.2 Å². The molecule has 0 amide bonds. The maximum Gasteiger partial charge on any atom is 0.0242 e. The van der Waals surface area contributed by atoms with Crippen molar-refractivity contribution in [1.82, 2.24) is 4.90 Å². The van der Waals surface area contributed by atoms with E-state index >= 15 is 0 Å². The Morgan fingerprint density at radius 2 is 1.35 bits per heavy atom. The lowest BCUT2D eigenvalue weighted by molar-refractivity contribution is 0.409. The number of rotatable bonds is 16. The summed E-state index contributed by atoms with van der Waals surface area (Å²) in [5, 5.41) is 0. The third-order valence-corrected chi connectivity index (χ3v) is 4.50. The smallest absolute Gasteiger partial charge is 0.0242 e. The zero-order valence-corrected chi connectivity index (χ0v) is 19.1. The number of nitrogens with two attached hydrogens (primary N) is 1.